The highest BCUT2D eigenvalue weighted by Gasteiger charge is 2.22. The fourth-order valence-electron chi connectivity index (χ4n) is 3.10. The quantitative estimate of drug-likeness (QED) is 0.606. The Bertz CT molecular complexity index is 919. The summed E-state index contributed by atoms with van der Waals surface area (Å²) >= 11 is 2.94. The topological polar surface area (TPSA) is 80.7 Å². The van der Waals surface area contributed by atoms with Gasteiger partial charge in [-0.05, 0) is 32.1 Å². The van der Waals surface area contributed by atoms with Crippen molar-refractivity contribution in [2.24, 2.45) is 0 Å². The summed E-state index contributed by atoms with van der Waals surface area (Å²) in [5.41, 5.74) is 2.84. The van der Waals surface area contributed by atoms with Crippen LogP contribution in [0.1, 0.15) is 36.8 Å². The number of benzene rings is 1. The molecule has 0 saturated carbocycles. The maximum atomic E-state index is 12.7. The van der Waals surface area contributed by atoms with Crippen molar-refractivity contribution in [1.29, 1.82) is 0 Å². The molecule has 1 aliphatic carbocycles. The van der Waals surface area contributed by atoms with Crippen LogP contribution in [-0.4, -0.2) is 31.3 Å². The Balaban J connectivity index is 1.41. The second-order valence-corrected chi connectivity index (χ2v) is 8.85. The van der Waals surface area contributed by atoms with E-state index < -0.39 is 0 Å². The molecule has 1 N–H and O–H groups in total. The molecule has 6 nitrogen and oxygen atoms in total. The molecule has 28 heavy (non-hydrogen) atoms. The van der Waals surface area contributed by atoms with Crippen molar-refractivity contribution in [3.8, 4) is 11.3 Å². The molecular weight excluding hydrogens is 390 g/mol. The van der Waals surface area contributed by atoms with Gasteiger partial charge < -0.3 is 5.32 Å². The molecule has 1 amide bonds. The van der Waals surface area contributed by atoms with Crippen LogP contribution in [0.3, 0.4) is 0 Å². The van der Waals surface area contributed by atoms with E-state index in [2.05, 4.69) is 25.5 Å². The number of amides is 1. The standard InChI is InChI=1S/C20H21N5OS2/c1-2-16(18(26)23-20-22-14-10-6-7-11-17(14)28-20)27-19-21-12-15(24-25-19)13-8-4-3-5-9-13/h3-5,8-9,12,16H,2,6-7,10-11H2,1H3,(H,22,23,26)/t16-/m1/s1. The van der Waals surface area contributed by atoms with Crippen molar-refractivity contribution >= 4 is 34.1 Å². The SMILES string of the molecule is CC[C@@H](Sc1ncc(-c2ccccc2)nn1)C(=O)Nc1nc2c(s1)CCCC2. The van der Waals surface area contributed by atoms with Crippen molar-refractivity contribution in [2.75, 3.05) is 5.32 Å². The monoisotopic (exact) mass is 411 g/mol. The molecule has 8 heteroatoms. The van der Waals surface area contributed by atoms with Crippen LogP contribution in [-0.2, 0) is 17.6 Å². The first-order chi connectivity index (χ1) is 13.7. The first-order valence-electron chi connectivity index (χ1n) is 9.44. The maximum Gasteiger partial charge on any atom is 0.239 e. The summed E-state index contributed by atoms with van der Waals surface area (Å²) in [6, 6.07) is 9.79. The van der Waals surface area contributed by atoms with E-state index in [1.165, 1.54) is 29.5 Å². The molecule has 1 aromatic carbocycles. The van der Waals surface area contributed by atoms with Gasteiger partial charge in [-0.2, -0.15) is 0 Å². The summed E-state index contributed by atoms with van der Waals surface area (Å²) in [7, 11) is 0. The number of thiazole rings is 1. The number of hydrogen-bond acceptors (Lipinski definition) is 7. The Morgan fingerprint density at radius 2 is 2.04 bits per heavy atom. The lowest BCUT2D eigenvalue weighted by Gasteiger charge is -2.12. The summed E-state index contributed by atoms with van der Waals surface area (Å²) < 4.78 is 0. The van der Waals surface area contributed by atoms with E-state index >= 15 is 0 Å². The molecule has 0 spiro atoms. The minimum absolute atomic E-state index is 0.0608. The van der Waals surface area contributed by atoms with Gasteiger partial charge in [-0.15, -0.1) is 21.5 Å². The minimum atomic E-state index is -0.287. The Labute approximate surface area is 172 Å². The van der Waals surface area contributed by atoms with Gasteiger partial charge >= 0.3 is 0 Å². The number of fused-ring (bicyclic) bond motifs is 1. The molecule has 4 rings (SSSR count). The molecule has 0 saturated heterocycles. The number of carbonyl (C=O) groups is 1. The van der Waals surface area contributed by atoms with Gasteiger partial charge in [0.2, 0.25) is 11.1 Å². The number of aromatic nitrogens is 4. The first kappa shape index (κ1) is 19.0. The average molecular weight is 412 g/mol. The van der Waals surface area contributed by atoms with Gasteiger partial charge in [0, 0.05) is 10.4 Å². The number of aryl methyl sites for hydroxylation is 2. The van der Waals surface area contributed by atoms with Crippen LogP contribution in [0, 0.1) is 0 Å². The maximum absolute atomic E-state index is 12.7. The molecule has 144 valence electrons. The van der Waals surface area contributed by atoms with Crippen LogP contribution in [0.5, 0.6) is 0 Å². The summed E-state index contributed by atoms with van der Waals surface area (Å²) in [5, 5.41) is 12.3. The van der Waals surface area contributed by atoms with Gasteiger partial charge in [0.25, 0.3) is 0 Å². The predicted octanol–water partition coefficient (Wildman–Crippen LogP) is 4.38. The van der Waals surface area contributed by atoms with Crippen molar-refractivity contribution < 1.29 is 4.79 Å². The van der Waals surface area contributed by atoms with E-state index in [0.717, 1.165) is 29.8 Å². The summed E-state index contributed by atoms with van der Waals surface area (Å²) in [6.07, 6.45) is 6.85. The van der Waals surface area contributed by atoms with Crippen LogP contribution < -0.4 is 5.32 Å². The molecule has 0 fully saturated rings. The molecule has 0 aliphatic heterocycles. The fraction of sp³-hybridized carbons (Fsp3) is 0.350. The third-order valence-electron chi connectivity index (χ3n) is 4.60. The van der Waals surface area contributed by atoms with E-state index in [1.54, 1.807) is 17.5 Å². The smallest absolute Gasteiger partial charge is 0.239 e. The Morgan fingerprint density at radius 3 is 2.75 bits per heavy atom. The first-order valence-corrected chi connectivity index (χ1v) is 11.1. The van der Waals surface area contributed by atoms with Gasteiger partial charge in [-0.3, -0.25) is 4.79 Å². The van der Waals surface area contributed by atoms with Crippen molar-refractivity contribution in [2.45, 2.75) is 49.4 Å². The average Bonchev–Trinajstić information content (AvgIpc) is 3.15. The zero-order valence-electron chi connectivity index (χ0n) is 15.6. The molecule has 1 aliphatic rings. The molecule has 2 heterocycles. The van der Waals surface area contributed by atoms with Crippen molar-refractivity contribution in [1.82, 2.24) is 20.2 Å². The van der Waals surface area contributed by atoms with Gasteiger partial charge in [-0.25, -0.2) is 9.97 Å². The van der Waals surface area contributed by atoms with Crippen LogP contribution in [0.4, 0.5) is 5.13 Å². The Morgan fingerprint density at radius 1 is 1.21 bits per heavy atom. The van der Waals surface area contributed by atoms with E-state index in [9.17, 15) is 4.79 Å². The van der Waals surface area contributed by atoms with E-state index in [1.807, 2.05) is 37.3 Å². The van der Waals surface area contributed by atoms with Gasteiger partial charge in [0.1, 0.15) is 5.69 Å². The van der Waals surface area contributed by atoms with Gasteiger partial charge in [0.15, 0.2) is 5.13 Å². The molecule has 0 unspecified atom stereocenters. The predicted molar refractivity (Wildman–Crippen MR) is 113 cm³/mol. The lowest BCUT2D eigenvalue weighted by Crippen LogP contribution is -2.24. The lowest BCUT2D eigenvalue weighted by molar-refractivity contribution is -0.115. The van der Waals surface area contributed by atoms with Crippen LogP contribution in [0.25, 0.3) is 11.3 Å². The second kappa shape index (κ2) is 8.79. The third kappa shape index (κ3) is 4.39. The van der Waals surface area contributed by atoms with Crippen LogP contribution in [0.15, 0.2) is 41.7 Å². The molecule has 1 atom stereocenters. The van der Waals surface area contributed by atoms with Crippen LogP contribution in [0.2, 0.25) is 0 Å². The zero-order valence-corrected chi connectivity index (χ0v) is 17.2. The number of thioether (sulfide) groups is 1. The number of carbonyl (C=O) groups excluding carboxylic acids is 1. The normalized spacial score (nSPS) is 14.3. The fourth-order valence-corrected chi connectivity index (χ4v) is 4.94. The highest BCUT2D eigenvalue weighted by atomic mass is 32.2. The summed E-state index contributed by atoms with van der Waals surface area (Å²) in [4.78, 5) is 23.0. The highest BCUT2D eigenvalue weighted by Crippen LogP contribution is 2.30. The number of nitrogens with one attached hydrogen (secondary N) is 1. The largest absolute Gasteiger partial charge is 0.301 e. The second-order valence-electron chi connectivity index (χ2n) is 6.59. The van der Waals surface area contributed by atoms with Crippen LogP contribution >= 0.6 is 23.1 Å². The zero-order chi connectivity index (χ0) is 19.3. The van der Waals surface area contributed by atoms with Gasteiger partial charge in [-0.1, -0.05) is 49.0 Å². The number of rotatable bonds is 6. The Hall–Kier alpha value is -2.32. The van der Waals surface area contributed by atoms with Gasteiger partial charge in [0.05, 0.1) is 17.1 Å². The molecule has 0 radical (unpaired) electrons. The number of hydrogen-bond donors (Lipinski definition) is 1. The van der Waals surface area contributed by atoms with E-state index in [-0.39, 0.29) is 11.2 Å². The van der Waals surface area contributed by atoms with E-state index in [4.69, 9.17) is 0 Å². The summed E-state index contributed by atoms with van der Waals surface area (Å²) in [6.45, 7) is 1.98. The van der Waals surface area contributed by atoms with Crippen molar-refractivity contribution in [3.05, 3.63) is 47.1 Å². The number of nitrogens with zero attached hydrogens (tertiary/aromatic N) is 4. The molecule has 3 aromatic rings. The third-order valence-corrected chi connectivity index (χ3v) is 6.90. The molecular formula is C20H21N5OS2. The summed E-state index contributed by atoms with van der Waals surface area (Å²) in [5.74, 6) is -0.0608. The molecule has 2 aromatic heterocycles. The van der Waals surface area contributed by atoms with Crippen molar-refractivity contribution in [3.63, 3.8) is 0 Å². The highest BCUT2D eigenvalue weighted by molar-refractivity contribution is 8.00. The van der Waals surface area contributed by atoms with E-state index in [0.29, 0.717) is 16.7 Å². The lowest BCUT2D eigenvalue weighted by atomic mass is 10.0. The Kier molecular flexibility index (Phi) is 5.97. The molecule has 0 bridgehead atoms. The minimum Gasteiger partial charge on any atom is -0.301 e. The number of anilines is 1.